The van der Waals surface area contributed by atoms with Crippen LogP contribution < -0.4 is 5.69 Å². The van der Waals surface area contributed by atoms with E-state index in [-0.39, 0.29) is 21.9 Å². The van der Waals surface area contributed by atoms with Crippen molar-refractivity contribution in [2.75, 3.05) is 0 Å². The Kier molecular flexibility index (Phi) is 8.36. The number of phenols is 1. The van der Waals surface area contributed by atoms with E-state index in [0.29, 0.717) is 34.8 Å². The Morgan fingerprint density at radius 1 is 0.936 bits per heavy atom. The highest BCUT2D eigenvalue weighted by Gasteiger charge is 2.66. The van der Waals surface area contributed by atoms with E-state index < -0.39 is 57.7 Å². The molecule has 256 valence electrons. The van der Waals surface area contributed by atoms with E-state index >= 15 is 0 Å². The highest BCUT2D eigenvalue weighted by atomic mass is 19.4. The van der Waals surface area contributed by atoms with Gasteiger partial charge in [0.2, 0.25) is 0 Å². The Morgan fingerprint density at radius 2 is 1.55 bits per heavy atom. The molecular weight excluding hydrogens is 626 g/mol. The van der Waals surface area contributed by atoms with E-state index in [1.54, 1.807) is 0 Å². The number of nitrogens with one attached hydrogen (secondary N) is 1. The largest absolute Gasteiger partial charge is 0.506 e. The number of nitrogens with zero attached hydrogens (tertiary/aromatic N) is 1. The maximum absolute atomic E-state index is 12.8. The summed E-state index contributed by atoms with van der Waals surface area (Å²) in [6, 6.07) is 4.22. The number of benzene rings is 2. The fourth-order valence-electron chi connectivity index (χ4n) is 8.20. The number of imidazole rings is 1. The molecule has 0 unspecified atom stereocenters. The summed E-state index contributed by atoms with van der Waals surface area (Å²) in [6.07, 6.45) is 0.182. The second-order valence-electron chi connectivity index (χ2n) is 14.3. The van der Waals surface area contributed by atoms with Gasteiger partial charge in [-0.2, -0.15) is 26.3 Å². The number of halogens is 6. The van der Waals surface area contributed by atoms with Gasteiger partial charge in [0, 0.05) is 10.8 Å². The number of hydrogen-bond donors (Lipinski definition) is 4. The number of fused-ring (bicyclic) bond motifs is 4. The Morgan fingerprint density at radius 3 is 2.17 bits per heavy atom. The first kappa shape index (κ1) is 34.8. The second-order valence-corrected chi connectivity index (χ2v) is 14.3. The molecule has 1 heterocycles. The van der Waals surface area contributed by atoms with Crippen molar-refractivity contribution in [3.8, 4) is 11.4 Å². The van der Waals surface area contributed by atoms with Crippen LogP contribution in [0.1, 0.15) is 77.3 Å². The Balaban J connectivity index is 0.000000186. The lowest BCUT2D eigenvalue weighted by atomic mass is 9.42. The molecule has 0 spiro atoms. The number of aromatic hydroxyl groups is 1. The van der Waals surface area contributed by atoms with Gasteiger partial charge in [0.1, 0.15) is 5.75 Å². The van der Waals surface area contributed by atoms with E-state index in [2.05, 4.69) is 51.4 Å². The van der Waals surface area contributed by atoms with Crippen LogP contribution in [0.3, 0.4) is 0 Å². The predicted molar refractivity (Wildman–Crippen MR) is 166 cm³/mol. The van der Waals surface area contributed by atoms with Gasteiger partial charge in [0.15, 0.2) is 0 Å². The number of phenolic OH excluding ortho intramolecular Hbond substituents is 1. The molecule has 2 aromatic carbocycles. The molecule has 2 fully saturated rings. The molecule has 0 bridgehead atoms. The van der Waals surface area contributed by atoms with E-state index in [4.69, 9.17) is 0 Å². The Labute approximate surface area is 268 Å². The number of aromatic nitrogens is 2. The number of alkyl halides is 6. The first-order valence-electron chi connectivity index (χ1n) is 15.6. The quantitative estimate of drug-likeness (QED) is 0.163. The summed E-state index contributed by atoms with van der Waals surface area (Å²) in [5, 5.41) is 32.4. The third-order valence-electron chi connectivity index (χ3n) is 11.2. The number of aliphatic hydroxyl groups excluding tert-OH is 1. The van der Waals surface area contributed by atoms with Gasteiger partial charge in [-0.25, -0.2) is 4.79 Å². The summed E-state index contributed by atoms with van der Waals surface area (Å²) >= 11 is 0. The summed E-state index contributed by atoms with van der Waals surface area (Å²) in [7, 11) is 0. The van der Waals surface area contributed by atoms with Crippen LogP contribution in [0.2, 0.25) is 0 Å². The van der Waals surface area contributed by atoms with Crippen LogP contribution in [0.15, 0.2) is 65.5 Å². The summed E-state index contributed by atoms with van der Waals surface area (Å²) < 4.78 is 77.4. The molecule has 3 aliphatic rings. The van der Waals surface area contributed by atoms with Crippen LogP contribution >= 0.6 is 0 Å². The lowest BCUT2D eigenvalue weighted by Gasteiger charge is -2.66. The lowest BCUT2D eigenvalue weighted by Crippen LogP contribution is -2.69. The summed E-state index contributed by atoms with van der Waals surface area (Å²) in [5.41, 5.74) is -3.77. The molecule has 12 heteroatoms. The van der Waals surface area contributed by atoms with E-state index in [0.717, 1.165) is 50.7 Å². The molecule has 0 amide bonds. The Bertz CT molecular complexity index is 1790. The summed E-state index contributed by atoms with van der Waals surface area (Å²) in [5.74, 6) is -0.329. The molecule has 0 radical (unpaired) electrons. The van der Waals surface area contributed by atoms with Gasteiger partial charge in [0.25, 0.3) is 0 Å². The summed E-state index contributed by atoms with van der Waals surface area (Å²) in [4.78, 5) is 14.2. The SMILES string of the molecule is C=C[C@]1(C)C=C2CC[C@@]3(O)C(C)(C)CC[C@H](O)[C@]3(C)[C@H]2CC1.O=c1[nH]c2cc(C(F)(F)F)ccc2n1-c1cc(C(F)(F)F)ccc1O. The van der Waals surface area contributed by atoms with Crippen molar-refractivity contribution in [1.82, 2.24) is 9.55 Å². The lowest BCUT2D eigenvalue weighted by molar-refractivity contribution is -0.255. The fourth-order valence-corrected chi connectivity index (χ4v) is 8.20. The van der Waals surface area contributed by atoms with Crippen LogP contribution in [0, 0.1) is 22.2 Å². The zero-order valence-corrected chi connectivity index (χ0v) is 26.7. The number of allylic oxidation sites excluding steroid dienone is 3. The van der Waals surface area contributed by atoms with Crippen LogP contribution in [0.4, 0.5) is 26.3 Å². The molecule has 6 nitrogen and oxygen atoms in total. The van der Waals surface area contributed by atoms with E-state index in [9.17, 15) is 46.5 Å². The van der Waals surface area contributed by atoms with Gasteiger partial charge in [-0.3, -0.25) is 4.57 Å². The Hall–Kier alpha value is -3.51. The first-order valence-corrected chi connectivity index (χ1v) is 15.6. The van der Waals surface area contributed by atoms with E-state index in [1.807, 2.05) is 0 Å². The average Bonchev–Trinajstić information content (AvgIpc) is 3.31. The number of rotatable bonds is 2. The van der Waals surface area contributed by atoms with Gasteiger partial charge < -0.3 is 20.3 Å². The fraction of sp³-hybridized carbons (Fsp3) is 0.514. The van der Waals surface area contributed by atoms with Crippen molar-refractivity contribution < 1.29 is 41.7 Å². The minimum atomic E-state index is -4.72. The normalized spacial score (nSPS) is 30.4. The number of hydrogen-bond acceptors (Lipinski definition) is 4. The molecule has 1 aromatic heterocycles. The molecular formula is C35H40F6N2O4. The molecule has 47 heavy (non-hydrogen) atoms. The molecule has 3 aliphatic carbocycles. The minimum absolute atomic E-state index is 0.0762. The molecule has 2 saturated carbocycles. The standard InChI is InChI=1S/C20H32O2.C15H8F6N2O2/c1-6-18(4)11-8-15-14(13-18)7-12-20(22)17(2,3)10-9-16(21)19(15,20)5;16-14(17,18)7-1-3-10-9(5-7)22-13(25)23(10)11-6-8(15(19,20)21)2-4-12(11)24/h6,13,15-16,21-22H,1,7-12H2,2-5H3;1-6,24H,(H,22,25)/t15-,16-,18-,19-,20+;/m0./s1. The van der Waals surface area contributed by atoms with Gasteiger partial charge in [-0.15, -0.1) is 6.58 Å². The third kappa shape index (κ3) is 5.71. The van der Waals surface area contributed by atoms with Crippen molar-refractivity contribution in [2.45, 2.75) is 90.3 Å². The molecule has 0 saturated heterocycles. The number of H-pyrrole nitrogens is 1. The predicted octanol–water partition coefficient (Wildman–Crippen LogP) is 8.29. The van der Waals surface area contributed by atoms with E-state index in [1.165, 1.54) is 5.57 Å². The van der Waals surface area contributed by atoms with Crippen LogP contribution in [-0.2, 0) is 12.4 Å². The second kappa shape index (κ2) is 11.3. The van der Waals surface area contributed by atoms with Crippen LogP contribution in [-0.4, -0.2) is 36.6 Å². The van der Waals surface area contributed by atoms with Crippen molar-refractivity contribution in [3.05, 3.63) is 82.3 Å². The van der Waals surface area contributed by atoms with Gasteiger partial charge in [-0.1, -0.05) is 45.4 Å². The first-order chi connectivity index (χ1) is 21.6. The molecule has 6 rings (SSSR count). The van der Waals surface area contributed by atoms with Crippen LogP contribution in [0.25, 0.3) is 16.7 Å². The zero-order valence-electron chi connectivity index (χ0n) is 26.7. The van der Waals surface area contributed by atoms with Crippen molar-refractivity contribution >= 4 is 11.0 Å². The van der Waals surface area contributed by atoms with Crippen molar-refractivity contribution in [2.24, 2.45) is 22.2 Å². The zero-order chi connectivity index (χ0) is 35.0. The van der Waals surface area contributed by atoms with Gasteiger partial charge in [0.05, 0.1) is 39.6 Å². The average molecular weight is 667 g/mol. The molecule has 3 aromatic rings. The topological polar surface area (TPSA) is 98.5 Å². The number of aliphatic hydroxyl groups is 2. The highest BCUT2D eigenvalue weighted by Crippen LogP contribution is 2.65. The van der Waals surface area contributed by atoms with Crippen molar-refractivity contribution in [1.29, 1.82) is 0 Å². The summed E-state index contributed by atoms with van der Waals surface area (Å²) in [6.45, 7) is 12.8. The molecule has 0 aliphatic heterocycles. The van der Waals surface area contributed by atoms with Crippen molar-refractivity contribution in [3.63, 3.8) is 0 Å². The highest BCUT2D eigenvalue weighted by molar-refractivity contribution is 5.79. The maximum atomic E-state index is 12.8. The number of aromatic amines is 1. The van der Waals surface area contributed by atoms with Crippen LogP contribution in [0.5, 0.6) is 5.75 Å². The van der Waals surface area contributed by atoms with Gasteiger partial charge in [-0.05, 0) is 86.3 Å². The molecule has 4 N–H and O–H groups in total. The molecule has 5 atom stereocenters. The third-order valence-corrected chi connectivity index (χ3v) is 11.2. The minimum Gasteiger partial charge on any atom is -0.506 e. The smallest absolute Gasteiger partial charge is 0.416 e. The van der Waals surface area contributed by atoms with Gasteiger partial charge >= 0.3 is 18.0 Å². The maximum Gasteiger partial charge on any atom is 0.416 e. The monoisotopic (exact) mass is 666 g/mol.